The number of halogens is 1. The first-order valence-electron chi connectivity index (χ1n) is 9.81. The Bertz CT molecular complexity index is 1450. The number of nitrogens with zero attached hydrogens (tertiary/aromatic N) is 5. The third kappa shape index (κ3) is 4.02. The van der Waals surface area contributed by atoms with Crippen LogP contribution in [0.15, 0.2) is 40.2 Å². The molecule has 1 aliphatic carbocycles. The minimum absolute atomic E-state index is 0.102. The van der Waals surface area contributed by atoms with Crippen molar-refractivity contribution in [3.8, 4) is 5.88 Å². The molecule has 31 heavy (non-hydrogen) atoms. The number of imidazole rings is 1. The zero-order chi connectivity index (χ0) is 21.5. The molecule has 3 aromatic heterocycles. The second kappa shape index (κ2) is 7.55. The number of benzene rings is 1. The maximum absolute atomic E-state index is 11.4. The van der Waals surface area contributed by atoms with Crippen molar-refractivity contribution in [3.63, 3.8) is 0 Å². The summed E-state index contributed by atoms with van der Waals surface area (Å²) in [5.74, 6) is 0.135. The van der Waals surface area contributed by atoms with Crippen molar-refractivity contribution < 1.29 is 5.11 Å². The normalized spacial score (nSPS) is 16.2. The second-order valence-electron chi connectivity index (χ2n) is 7.45. The Morgan fingerprint density at radius 2 is 2.19 bits per heavy atom. The summed E-state index contributed by atoms with van der Waals surface area (Å²) in [6.07, 6.45) is 5.22. The van der Waals surface area contributed by atoms with Crippen LogP contribution in [0, 0.1) is 0 Å². The van der Waals surface area contributed by atoms with Gasteiger partial charge in [-0.3, -0.25) is 4.98 Å². The van der Waals surface area contributed by atoms with Crippen LogP contribution in [0.1, 0.15) is 37.1 Å². The molecule has 1 fully saturated rings. The standard InChI is InChI=1S/C20H19ClN8O2/c1-10(11-3-2-4-13(21)7-11)23-18-26-16-12(8-15-17(30)27-20(31)25-15)9-22-29(16)19(28-18)24-14-5-6-14/h2-4,7-10,14,30H,5-6H2,1H3,(H,23,24,28)(H2,25,27,31)/b12-8+/t10-/m1/s1. The Hall–Kier alpha value is -3.66. The highest BCUT2D eigenvalue weighted by molar-refractivity contribution is 6.30. The Kier molecular flexibility index (Phi) is 4.70. The van der Waals surface area contributed by atoms with Crippen molar-refractivity contribution in [1.82, 2.24) is 29.5 Å². The first-order chi connectivity index (χ1) is 15.0. The molecule has 1 atom stereocenters. The van der Waals surface area contributed by atoms with Gasteiger partial charge in [-0.25, -0.2) is 9.79 Å². The first kappa shape index (κ1) is 19.3. The molecule has 3 heterocycles. The lowest BCUT2D eigenvalue weighted by Crippen LogP contribution is -2.25. The van der Waals surface area contributed by atoms with Crippen LogP contribution in [0.3, 0.4) is 0 Å². The van der Waals surface area contributed by atoms with Gasteiger partial charge in [0.05, 0.1) is 18.3 Å². The molecular weight excluding hydrogens is 420 g/mol. The number of anilines is 1. The van der Waals surface area contributed by atoms with E-state index in [1.54, 1.807) is 16.8 Å². The van der Waals surface area contributed by atoms with Crippen LogP contribution in [-0.4, -0.2) is 40.7 Å². The number of rotatable bonds is 5. The van der Waals surface area contributed by atoms with E-state index >= 15 is 0 Å². The minimum atomic E-state index is -0.503. The van der Waals surface area contributed by atoms with Gasteiger partial charge in [-0.15, -0.1) is 0 Å². The molecule has 10 nitrogen and oxygen atoms in total. The first-order valence-corrected chi connectivity index (χ1v) is 10.2. The summed E-state index contributed by atoms with van der Waals surface area (Å²) in [5, 5.41) is 18.8. The Morgan fingerprint density at radius 3 is 2.90 bits per heavy atom. The van der Waals surface area contributed by atoms with E-state index in [-0.39, 0.29) is 23.7 Å². The number of fused-ring (bicyclic) bond motifs is 1. The van der Waals surface area contributed by atoms with Crippen molar-refractivity contribution in [2.45, 2.75) is 31.8 Å². The largest absolute Gasteiger partial charge is 0.493 e. The van der Waals surface area contributed by atoms with Crippen molar-refractivity contribution in [1.29, 1.82) is 0 Å². The van der Waals surface area contributed by atoms with E-state index in [0.29, 0.717) is 27.5 Å². The molecule has 0 aliphatic heterocycles. The molecule has 1 aliphatic rings. The monoisotopic (exact) mass is 438 g/mol. The number of hydrogen-bond acceptors (Lipinski definition) is 7. The molecule has 0 spiro atoms. The van der Waals surface area contributed by atoms with Gasteiger partial charge >= 0.3 is 5.69 Å². The van der Waals surface area contributed by atoms with Gasteiger partial charge in [0.2, 0.25) is 11.8 Å². The molecular formula is C20H19ClN8O2. The topological polar surface area (TPSA) is 136 Å². The molecule has 1 aromatic carbocycles. The van der Waals surface area contributed by atoms with Gasteiger partial charge in [0, 0.05) is 10.2 Å². The lowest BCUT2D eigenvalue weighted by Gasteiger charge is -2.14. The smallest absolute Gasteiger partial charge is 0.326 e. The number of nitrogens with one attached hydrogen (secondary N) is 3. The fourth-order valence-corrected chi connectivity index (χ4v) is 3.40. The van der Waals surface area contributed by atoms with Gasteiger partial charge in [0.1, 0.15) is 5.69 Å². The van der Waals surface area contributed by atoms with Gasteiger partial charge in [0.25, 0.3) is 5.62 Å². The van der Waals surface area contributed by atoms with E-state index in [0.717, 1.165) is 18.4 Å². The SMILES string of the molecule is C[C@@H](Nc1nc(=NC2CC2)n2nc/c(=C\c3[nH]c(=O)[nH]c3O)c2n1)c1cccc(Cl)c1. The van der Waals surface area contributed by atoms with E-state index < -0.39 is 5.69 Å². The summed E-state index contributed by atoms with van der Waals surface area (Å²) >= 11 is 6.12. The van der Waals surface area contributed by atoms with Gasteiger partial charge in [0.15, 0.2) is 5.65 Å². The molecule has 11 heteroatoms. The molecule has 0 saturated heterocycles. The van der Waals surface area contributed by atoms with Crippen LogP contribution >= 0.6 is 11.6 Å². The number of aromatic nitrogens is 6. The predicted octanol–water partition coefficient (Wildman–Crippen LogP) is 1.28. The van der Waals surface area contributed by atoms with Crippen molar-refractivity contribution in [3.05, 3.63) is 68.1 Å². The maximum atomic E-state index is 11.4. The average molecular weight is 439 g/mol. The number of hydrogen-bond donors (Lipinski definition) is 4. The van der Waals surface area contributed by atoms with Crippen LogP contribution in [-0.2, 0) is 0 Å². The van der Waals surface area contributed by atoms with Crippen LogP contribution < -0.4 is 21.8 Å². The highest BCUT2D eigenvalue weighted by atomic mass is 35.5. The molecule has 158 valence electrons. The van der Waals surface area contributed by atoms with Gasteiger partial charge in [-0.2, -0.15) is 19.6 Å². The Morgan fingerprint density at radius 1 is 1.35 bits per heavy atom. The number of aromatic amines is 2. The van der Waals surface area contributed by atoms with E-state index in [1.165, 1.54) is 0 Å². The Balaban J connectivity index is 1.62. The van der Waals surface area contributed by atoms with E-state index in [1.807, 2.05) is 31.2 Å². The van der Waals surface area contributed by atoms with Crippen LogP contribution in [0.5, 0.6) is 5.88 Å². The quantitative estimate of drug-likeness (QED) is 0.370. The third-order valence-electron chi connectivity index (χ3n) is 4.95. The summed E-state index contributed by atoms with van der Waals surface area (Å²) in [6.45, 7) is 1.99. The number of aromatic hydroxyl groups is 1. The molecule has 0 unspecified atom stereocenters. The highest BCUT2D eigenvalue weighted by Crippen LogP contribution is 2.23. The predicted molar refractivity (Wildman–Crippen MR) is 115 cm³/mol. The summed E-state index contributed by atoms with van der Waals surface area (Å²) < 4.78 is 1.56. The summed E-state index contributed by atoms with van der Waals surface area (Å²) in [7, 11) is 0. The van der Waals surface area contributed by atoms with Crippen molar-refractivity contribution in [2.24, 2.45) is 4.99 Å². The van der Waals surface area contributed by atoms with Crippen LogP contribution in [0.2, 0.25) is 5.02 Å². The zero-order valence-electron chi connectivity index (χ0n) is 16.5. The lowest BCUT2D eigenvalue weighted by molar-refractivity contribution is 0.454. The fraction of sp³-hybridized carbons (Fsp3) is 0.250. The van der Waals surface area contributed by atoms with Gasteiger partial charge < -0.3 is 15.4 Å². The van der Waals surface area contributed by atoms with Crippen molar-refractivity contribution >= 4 is 29.3 Å². The maximum Gasteiger partial charge on any atom is 0.326 e. The van der Waals surface area contributed by atoms with Gasteiger partial charge in [-0.05, 0) is 43.5 Å². The van der Waals surface area contributed by atoms with E-state index in [9.17, 15) is 9.90 Å². The Labute approximate surface area is 180 Å². The highest BCUT2D eigenvalue weighted by Gasteiger charge is 2.21. The molecule has 4 aromatic rings. The molecule has 0 bridgehead atoms. The molecule has 0 radical (unpaired) electrons. The molecule has 0 amide bonds. The molecule has 1 saturated carbocycles. The van der Waals surface area contributed by atoms with Crippen LogP contribution in [0.25, 0.3) is 11.7 Å². The second-order valence-corrected chi connectivity index (χ2v) is 7.89. The van der Waals surface area contributed by atoms with Crippen LogP contribution in [0.4, 0.5) is 5.95 Å². The zero-order valence-corrected chi connectivity index (χ0v) is 17.3. The third-order valence-corrected chi connectivity index (χ3v) is 5.19. The summed E-state index contributed by atoms with van der Waals surface area (Å²) in [5.41, 5.74) is 1.67. The average Bonchev–Trinajstić information content (AvgIpc) is 3.37. The van der Waals surface area contributed by atoms with Gasteiger partial charge in [-0.1, -0.05) is 23.7 Å². The summed E-state index contributed by atoms with van der Waals surface area (Å²) in [6, 6.07) is 7.70. The minimum Gasteiger partial charge on any atom is -0.493 e. The lowest BCUT2D eigenvalue weighted by atomic mass is 10.1. The molecule has 4 N–H and O–H groups in total. The fourth-order valence-electron chi connectivity index (χ4n) is 3.20. The van der Waals surface area contributed by atoms with E-state index in [4.69, 9.17) is 11.6 Å². The van der Waals surface area contributed by atoms with E-state index in [2.05, 4.69) is 35.3 Å². The molecule has 5 rings (SSSR count). The number of H-pyrrole nitrogens is 2. The summed E-state index contributed by atoms with van der Waals surface area (Å²) in [4.78, 5) is 30.1. The van der Waals surface area contributed by atoms with Crippen molar-refractivity contribution in [2.75, 3.05) is 5.32 Å².